The molecule has 0 fully saturated rings. The summed E-state index contributed by atoms with van der Waals surface area (Å²) in [6.07, 6.45) is 0. The molecule has 0 atom stereocenters. The van der Waals surface area contributed by atoms with Crippen LogP contribution in [-0.4, -0.2) is 8.42 Å². The van der Waals surface area contributed by atoms with Gasteiger partial charge in [-0.2, -0.15) is 0 Å². The van der Waals surface area contributed by atoms with Crippen molar-refractivity contribution in [1.29, 1.82) is 0 Å². The first-order chi connectivity index (χ1) is 15.1. The van der Waals surface area contributed by atoms with E-state index in [0.717, 1.165) is 11.1 Å². The summed E-state index contributed by atoms with van der Waals surface area (Å²) in [6.45, 7) is 0.548. The molecule has 0 bridgehead atoms. The molecule has 0 unspecified atom stereocenters. The molecule has 0 saturated carbocycles. The van der Waals surface area contributed by atoms with Crippen molar-refractivity contribution in [3.63, 3.8) is 0 Å². The maximum atomic E-state index is 13.6. The standard InChI is InChI=1S/C26H23NO3S/c28-31(29,24-16-8-3-9-17-24)27(20-22-12-4-1-5-13-22)25-18-10-11-19-26(25)30-21-23-14-6-2-7-15-23/h1-19H,20-21H2. The SMILES string of the molecule is O=S(=O)(c1ccccc1)N(Cc1ccccc1)c1ccccc1OCc1ccccc1. The Kier molecular flexibility index (Phi) is 6.34. The minimum Gasteiger partial charge on any atom is -0.487 e. The third-order valence-corrected chi connectivity index (χ3v) is 6.65. The first-order valence-corrected chi connectivity index (χ1v) is 11.5. The van der Waals surface area contributed by atoms with Gasteiger partial charge in [-0.1, -0.05) is 91.0 Å². The van der Waals surface area contributed by atoms with E-state index in [2.05, 4.69) is 0 Å². The second-order valence-corrected chi connectivity index (χ2v) is 8.91. The predicted octanol–water partition coefficient (Wildman–Crippen LogP) is 5.66. The van der Waals surface area contributed by atoms with Gasteiger partial charge < -0.3 is 4.74 Å². The van der Waals surface area contributed by atoms with Crippen molar-refractivity contribution in [3.8, 4) is 5.75 Å². The summed E-state index contributed by atoms with van der Waals surface area (Å²) in [4.78, 5) is 0.240. The Morgan fingerprint density at radius 3 is 1.77 bits per heavy atom. The Morgan fingerprint density at radius 2 is 1.13 bits per heavy atom. The van der Waals surface area contributed by atoms with Crippen LogP contribution in [0.25, 0.3) is 0 Å². The average Bonchev–Trinajstić information content (AvgIpc) is 2.83. The lowest BCUT2D eigenvalue weighted by Gasteiger charge is -2.26. The highest BCUT2D eigenvalue weighted by atomic mass is 32.2. The topological polar surface area (TPSA) is 46.6 Å². The molecule has 0 aliphatic rings. The molecule has 0 radical (unpaired) electrons. The molecule has 0 aromatic heterocycles. The molecule has 0 aliphatic carbocycles. The van der Waals surface area contributed by atoms with Crippen molar-refractivity contribution in [2.24, 2.45) is 0 Å². The number of sulfonamides is 1. The van der Waals surface area contributed by atoms with E-state index in [1.54, 1.807) is 42.5 Å². The number of benzene rings is 4. The summed E-state index contributed by atoms with van der Waals surface area (Å²) in [5.41, 5.74) is 2.41. The summed E-state index contributed by atoms with van der Waals surface area (Å²) in [6, 6.07) is 35.1. The van der Waals surface area contributed by atoms with Crippen molar-refractivity contribution in [1.82, 2.24) is 0 Å². The van der Waals surface area contributed by atoms with E-state index in [9.17, 15) is 8.42 Å². The van der Waals surface area contributed by atoms with E-state index < -0.39 is 10.0 Å². The summed E-state index contributed by atoms with van der Waals surface area (Å²) in [5, 5.41) is 0. The summed E-state index contributed by atoms with van der Waals surface area (Å²) >= 11 is 0. The molecular formula is C26H23NO3S. The highest BCUT2D eigenvalue weighted by Gasteiger charge is 2.27. The molecule has 0 saturated heterocycles. The van der Waals surface area contributed by atoms with Crippen LogP contribution in [0.4, 0.5) is 5.69 Å². The minimum atomic E-state index is -3.80. The van der Waals surface area contributed by atoms with Crippen LogP contribution in [0.3, 0.4) is 0 Å². The second-order valence-electron chi connectivity index (χ2n) is 7.05. The lowest BCUT2D eigenvalue weighted by atomic mass is 10.2. The van der Waals surface area contributed by atoms with Crippen LogP contribution < -0.4 is 9.04 Å². The molecule has 0 aliphatic heterocycles. The van der Waals surface area contributed by atoms with Crippen LogP contribution in [0.15, 0.2) is 120 Å². The van der Waals surface area contributed by atoms with Gasteiger partial charge in [0.1, 0.15) is 12.4 Å². The molecule has 0 spiro atoms. The zero-order valence-corrected chi connectivity index (χ0v) is 17.8. The van der Waals surface area contributed by atoms with Crippen molar-refractivity contribution >= 4 is 15.7 Å². The van der Waals surface area contributed by atoms with Gasteiger partial charge in [-0.15, -0.1) is 0 Å². The van der Waals surface area contributed by atoms with E-state index in [-0.39, 0.29) is 11.4 Å². The van der Waals surface area contributed by atoms with Gasteiger partial charge in [0.15, 0.2) is 0 Å². The van der Waals surface area contributed by atoms with Crippen LogP contribution in [0.5, 0.6) is 5.75 Å². The molecule has 4 rings (SSSR count). The zero-order chi connectivity index (χ0) is 21.5. The van der Waals surface area contributed by atoms with Gasteiger partial charge in [0.2, 0.25) is 0 Å². The smallest absolute Gasteiger partial charge is 0.264 e. The highest BCUT2D eigenvalue weighted by Crippen LogP contribution is 2.34. The number of rotatable bonds is 8. The summed E-state index contributed by atoms with van der Waals surface area (Å²) in [5.74, 6) is 0.516. The number of hydrogen-bond donors (Lipinski definition) is 0. The maximum absolute atomic E-state index is 13.6. The van der Waals surface area contributed by atoms with Crippen LogP contribution in [-0.2, 0) is 23.2 Å². The van der Waals surface area contributed by atoms with Gasteiger partial charge in [0, 0.05) is 0 Å². The number of anilines is 1. The maximum Gasteiger partial charge on any atom is 0.264 e. The second kappa shape index (κ2) is 9.49. The summed E-state index contributed by atoms with van der Waals surface area (Å²) in [7, 11) is -3.80. The molecule has 0 amide bonds. The number of para-hydroxylation sites is 2. The Morgan fingerprint density at radius 1 is 0.613 bits per heavy atom. The Balaban J connectivity index is 1.73. The molecule has 4 aromatic carbocycles. The quantitative estimate of drug-likeness (QED) is 0.363. The van der Waals surface area contributed by atoms with Crippen molar-refractivity contribution in [2.45, 2.75) is 18.0 Å². The van der Waals surface area contributed by atoms with E-state index >= 15 is 0 Å². The molecule has 0 N–H and O–H groups in total. The third-order valence-electron chi connectivity index (χ3n) is 4.87. The first-order valence-electron chi connectivity index (χ1n) is 10.0. The lowest BCUT2D eigenvalue weighted by Crippen LogP contribution is -2.31. The van der Waals surface area contributed by atoms with Gasteiger partial charge in [-0.25, -0.2) is 8.42 Å². The fourth-order valence-electron chi connectivity index (χ4n) is 3.29. The molecule has 5 heteroatoms. The van der Waals surface area contributed by atoms with Gasteiger partial charge in [-0.3, -0.25) is 4.31 Å². The minimum absolute atomic E-state index is 0.198. The van der Waals surface area contributed by atoms with Gasteiger partial charge >= 0.3 is 0 Å². The van der Waals surface area contributed by atoms with E-state index in [0.29, 0.717) is 18.0 Å². The molecular weight excluding hydrogens is 406 g/mol. The summed E-state index contributed by atoms with van der Waals surface area (Å²) < 4.78 is 34.7. The highest BCUT2D eigenvalue weighted by molar-refractivity contribution is 7.92. The normalized spacial score (nSPS) is 11.1. The molecule has 156 valence electrons. The Bertz CT molecular complexity index is 1210. The van der Waals surface area contributed by atoms with Crippen molar-refractivity contribution < 1.29 is 13.2 Å². The zero-order valence-electron chi connectivity index (χ0n) is 17.0. The Hall–Kier alpha value is -3.57. The van der Waals surface area contributed by atoms with Crippen LogP contribution >= 0.6 is 0 Å². The Labute approximate surface area is 183 Å². The fraction of sp³-hybridized carbons (Fsp3) is 0.0769. The molecule has 31 heavy (non-hydrogen) atoms. The molecule has 4 nitrogen and oxygen atoms in total. The van der Waals surface area contributed by atoms with E-state index in [1.807, 2.05) is 72.8 Å². The monoisotopic (exact) mass is 429 g/mol. The van der Waals surface area contributed by atoms with E-state index in [1.165, 1.54) is 4.31 Å². The third kappa shape index (κ3) is 4.95. The van der Waals surface area contributed by atoms with Crippen LogP contribution in [0.1, 0.15) is 11.1 Å². The average molecular weight is 430 g/mol. The molecule has 4 aromatic rings. The van der Waals surface area contributed by atoms with Crippen molar-refractivity contribution in [3.05, 3.63) is 126 Å². The van der Waals surface area contributed by atoms with E-state index in [4.69, 9.17) is 4.74 Å². The predicted molar refractivity (Wildman–Crippen MR) is 123 cm³/mol. The lowest BCUT2D eigenvalue weighted by molar-refractivity contribution is 0.307. The van der Waals surface area contributed by atoms with Crippen molar-refractivity contribution in [2.75, 3.05) is 4.31 Å². The number of hydrogen-bond acceptors (Lipinski definition) is 3. The fourth-order valence-corrected chi connectivity index (χ4v) is 4.77. The number of nitrogens with zero attached hydrogens (tertiary/aromatic N) is 1. The number of ether oxygens (including phenoxy) is 1. The van der Waals surface area contributed by atoms with Crippen LogP contribution in [0, 0.1) is 0 Å². The first kappa shape index (κ1) is 20.7. The largest absolute Gasteiger partial charge is 0.487 e. The molecule has 0 heterocycles. The van der Waals surface area contributed by atoms with Gasteiger partial charge in [0.25, 0.3) is 10.0 Å². The van der Waals surface area contributed by atoms with Crippen LogP contribution in [0.2, 0.25) is 0 Å². The van der Waals surface area contributed by atoms with Gasteiger partial charge in [0.05, 0.1) is 17.1 Å². The van der Waals surface area contributed by atoms with Gasteiger partial charge in [-0.05, 0) is 35.4 Å².